The van der Waals surface area contributed by atoms with Crippen molar-refractivity contribution < 1.29 is 9.53 Å². The first-order valence-corrected chi connectivity index (χ1v) is 7.72. The number of carbonyl (C=O) groups excluding carboxylic acids is 1. The Morgan fingerprint density at radius 1 is 1.48 bits per heavy atom. The molecule has 3 N–H and O–H groups in total. The van der Waals surface area contributed by atoms with Gasteiger partial charge in [0.25, 0.3) is 11.5 Å². The Morgan fingerprint density at radius 3 is 2.81 bits per heavy atom. The van der Waals surface area contributed by atoms with Crippen molar-refractivity contribution in [3.05, 3.63) is 32.7 Å². The minimum absolute atomic E-state index is 0.0188. The average molecular weight is 358 g/mol. The molecule has 0 spiro atoms. The Morgan fingerprint density at radius 2 is 2.19 bits per heavy atom. The Balaban J connectivity index is 2.01. The number of H-pyrrole nitrogens is 1. The maximum atomic E-state index is 12.2. The zero-order valence-electron chi connectivity index (χ0n) is 12.0. The monoisotopic (exact) mass is 357 g/mol. The van der Waals surface area contributed by atoms with E-state index < -0.39 is 0 Å². The molecule has 0 bridgehead atoms. The molecule has 6 nitrogen and oxygen atoms in total. The van der Waals surface area contributed by atoms with Crippen LogP contribution in [-0.2, 0) is 4.74 Å². The highest BCUT2D eigenvalue weighted by Crippen LogP contribution is 2.28. The third-order valence-electron chi connectivity index (χ3n) is 3.86. The zero-order chi connectivity index (χ0) is 15.3. The van der Waals surface area contributed by atoms with Gasteiger partial charge >= 0.3 is 0 Å². The van der Waals surface area contributed by atoms with E-state index in [2.05, 4.69) is 31.5 Å². The second-order valence-electron chi connectivity index (χ2n) is 5.43. The normalized spacial score (nSPS) is 17.4. The second kappa shape index (κ2) is 7.20. The summed E-state index contributed by atoms with van der Waals surface area (Å²) in [6.45, 7) is 3.06. The number of pyridine rings is 1. The number of carbonyl (C=O) groups is 1. The first kappa shape index (κ1) is 16.2. The number of rotatable bonds is 5. The molecule has 21 heavy (non-hydrogen) atoms. The number of hydrogen-bond acceptors (Lipinski definition) is 4. The van der Waals surface area contributed by atoms with Gasteiger partial charge in [0.1, 0.15) is 0 Å². The van der Waals surface area contributed by atoms with E-state index in [0.717, 1.165) is 25.9 Å². The van der Waals surface area contributed by atoms with Crippen LogP contribution in [0.5, 0.6) is 0 Å². The SMILES string of the molecule is COCC1(CNC(=O)c2c[nH]c(=O)c(Br)c2)CCNCC1. The third-order valence-corrected chi connectivity index (χ3v) is 4.45. The topological polar surface area (TPSA) is 83.2 Å². The van der Waals surface area contributed by atoms with Crippen molar-refractivity contribution in [3.63, 3.8) is 0 Å². The maximum absolute atomic E-state index is 12.2. The summed E-state index contributed by atoms with van der Waals surface area (Å²) in [5.74, 6) is -0.194. The van der Waals surface area contributed by atoms with Gasteiger partial charge in [0.15, 0.2) is 0 Å². The summed E-state index contributed by atoms with van der Waals surface area (Å²) in [5, 5.41) is 6.27. The number of nitrogens with one attached hydrogen (secondary N) is 3. The van der Waals surface area contributed by atoms with Crippen LogP contribution in [0.1, 0.15) is 23.2 Å². The van der Waals surface area contributed by atoms with Crippen molar-refractivity contribution in [2.24, 2.45) is 5.41 Å². The van der Waals surface area contributed by atoms with Crippen LogP contribution >= 0.6 is 15.9 Å². The molecule has 0 atom stereocenters. The molecule has 1 saturated heterocycles. The van der Waals surface area contributed by atoms with Crippen molar-refractivity contribution in [1.29, 1.82) is 0 Å². The lowest BCUT2D eigenvalue weighted by molar-refractivity contribution is 0.0511. The van der Waals surface area contributed by atoms with Crippen LogP contribution < -0.4 is 16.2 Å². The molecular weight excluding hydrogens is 338 g/mol. The number of hydrogen-bond donors (Lipinski definition) is 3. The highest BCUT2D eigenvalue weighted by Gasteiger charge is 2.32. The van der Waals surface area contributed by atoms with Crippen LogP contribution in [-0.4, -0.2) is 44.2 Å². The molecule has 7 heteroatoms. The smallest absolute Gasteiger partial charge is 0.262 e. The quantitative estimate of drug-likeness (QED) is 0.730. The molecule has 2 heterocycles. The van der Waals surface area contributed by atoms with Crippen molar-refractivity contribution in [2.45, 2.75) is 12.8 Å². The standard InChI is InChI=1S/C14H20BrN3O3/c1-21-9-14(2-4-16-5-3-14)8-18-12(19)10-6-11(15)13(20)17-7-10/h6-7,16H,2-5,8-9H2,1H3,(H,17,20)(H,18,19). The summed E-state index contributed by atoms with van der Waals surface area (Å²) in [7, 11) is 1.69. The van der Waals surface area contributed by atoms with Gasteiger partial charge in [-0.1, -0.05) is 0 Å². The number of amides is 1. The summed E-state index contributed by atoms with van der Waals surface area (Å²) in [6.07, 6.45) is 3.36. The summed E-state index contributed by atoms with van der Waals surface area (Å²) in [6, 6.07) is 1.53. The van der Waals surface area contributed by atoms with Gasteiger partial charge < -0.3 is 20.4 Å². The minimum atomic E-state index is -0.249. The Kier molecular flexibility index (Phi) is 5.55. The molecule has 1 fully saturated rings. The van der Waals surface area contributed by atoms with E-state index in [1.165, 1.54) is 12.3 Å². The van der Waals surface area contributed by atoms with Crippen molar-refractivity contribution >= 4 is 21.8 Å². The largest absolute Gasteiger partial charge is 0.384 e. The molecular formula is C14H20BrN3O3. The molecule has 1 aliphatic heterocycles. The summed E-state index contributed by atoms with van der Waals surface area (Å²) >= 11 is 3.13. The van der Waals surface area contributed by atoms with Crippen LogP contribution in [0.15, 0.2) is 21.5 Å². The molecule has 2 rings (SSSR count). The van der Waals surface area contributed by atoms with Gasteiger partial charge in [0.2, 0.25) is 0 Å². The number of halogens is 1. The molecule has 0 radical (unpaired) electrons. The molecule has 1 aromatic heterocycles. The van der Waals surface area contributed by atoms with Crippen LogP contribution in [0.25, 0.3) is 0 Å². The van der Waals surface area contributed by atoms with Crippen LogP contribution in [0.3, 0.4) is 0 Å². The van der Waals surface area contributed by atoms with Gasteiger partial charge in [-0.25, -0.2) is 0 Å². The summed E-state index contributed by atoms with van der Waals surface area (Å²) in [5.41, 5.74) is 0.165. The number of ether oxygens (including phenoxy) is 1. The van der Waals surface area contributed by atoms with Gasteiger partial charge in [-0.2, -0.15) is 0 Å². The van der Waals surface area contributed by atoms with Crippen molar-refractivity contribution in [2.75, 3.05) is 33.4 Å². The second-order valence-corrected chi connectivity index (χ2v) is 6.29. The number of aromatic nitrogens is 1. The van der Waals surface area contributed by atoms with Crippen LogP contribution in [0, 0.1) is 5.41 Å². The molecule has 0 saturated carbocycles. The fraction of sp³-hybridized carbons (Fsp3) is 0.571. The van der Waals surface area contributed by atoms with Gasteiger partial charge in [-0.15, -0.1) is 0 Å². The van der Waals surface area contributed by atoms with Crippen molar-refractivity contribution in [1.82, 2.24) is 15.6 Å². The van der Waals surface area contributed by atoms with Gasteiger partial charge in [-0.3, -0.25) is 9.59 Å². The van der Waals surface area contributed by atoms with Gasteiger partial charge in [0, 0.05) is 25.3 Å². The summed E-state index contributed by atoms with van der Waals surface area (Å²) < 4.78 is 5.67. The van der Waals surface area contributed by atoms with E-state index in [9.17, 15) is 9.59 Å². The molecule has 0 aromatic carbocycles. The third kappa shape index (κ3) is 4.15. The Labute approximate surface area is 131 Å². The van der Waals surface area contributed by atoms with Gasteiger partial charge in [0.05, 0.1) is 16.6 Å². The first-order valence-electron chi connectivity index (χ1n) is 6.92. The fourth-order valence-electron chi connectivity index (χ4n) is 2.59. The Bertz CT molecular complexity index is 547. The lowest BCUT2D eigenvalue weighted by atomic mass is 9.79. The lowest BCUT2D eigenvalue weighted by Gasteiger charge is -2.37. The molecule has 1 aliphatic rings. The van der Waals surface area contributed by atoms with Crippen LogP contribution in [0.4, 0.5) is 0 Å². The molecule has 1 aromatic rings. The molecule has 1 amide bonds. The van der Waals surface area contributed by atoms with E-state index in [1.54, 1.807) is 7.11 Å². The highest BCUT2D eigenvalue weighted by molar-refractivity contribution is 9.10. The number of piperidine rings is 1. The average Bonchev–Trinajstić information content (AvgIpc) is 2.49. The van der Waals surface area contributed by atoms with E-state index in [1.807, 2.05) is 0 Å². The van der Waals surface area contributed by atoms with E-state index in [-0.39, 0.29) is 16.9 Å². The fourth-order valence-corrected chi connectivity index (χ4v) is 2.95. The highest BCUT2D eigenvalue weighted by atomic mass is 79.9. The zero-order valence-corrected chi connectivity index (χ0v) is 13.6. The minimum Gasteiger partial charge on any atom is -0.384 e. The van der Waals surface area contributed by atoms with Crippen molar-refractivity contribution in [3.8, 4) is 0 Å². The van der Waals surface area contributed by atoms with E-state index >= 15 is 0 Å². The Hall–Kier alpha value is -1.18. The molecule has 0 unspecified atom stereocenters. The van der Waals surface area contributed by atoms with E-state index in [4.69, 9.17) is 4.74 Å². The molecule has 116 valence electrons. The van der Waals surface area contributed by atoms with Gasteiger partial charge in [-0.05, 0) is 47.9 Å². The summed E-state index contributed by atoms with van der Waals surface area (Å²) in [4.78, 5) is 26.0. The predicted octanol–water partition coefficient (Wildman–Crippen LogP) is 0.883. The van der Waals surface area contributed by atoms with E-state index in [0.29, 0.717) is 23.2 Å². The number of aromatic amines is 1. The number of methoxy groups -OCH3 is 1. The first-order chi connectivity index (χ1) is 10.1. The maximum Gasteiger partial charge on any atom is 0.262 e. The molecule has 0 aliphatic carbocycles. The lowest BCUT2D eigenvalue weighted by Crippen LogP contribution is -2.47. The predicted molar refractivity (Wildman–Crippen MR) is 83.5 cm³/mol. The van der Waals surface area contributed by atoms with Crippen LogP contribution in [0.2, 0.25) is 0 Å².